The van der Waals surface area contributed by atoms with Crippen molar-refractivity contribution in [3.63, 3.8) is 0 Å². The Morgan fingerprint density at radius 3 is 2.13 bits per heavy atom. The van der Waals surface area contributed by atoms with Crippen molar-refractivity contribution < 1.29 is 14.6 Å². The van der Waals surface area contributed by atoms with Gasteiger partial charge in [0, 0.05) is 12.0 Å². The molecule has 0 saturated heterocycles. The largest absolute Gasteiger partial charge is 0.483 e. The van der Waals surface area contributed by atoms with Gasteiger partial charge in [0.2, 0.25) is 5.60 Å². The standard InChI is InChI=1S/C18H19NO.CH2O2/c1-2-3-14-18(15-19,16-10-6-4-7-11-16)20-17-12-8-5-9-13-17;2-1-3/h4-13H,2-3,14H2,1H3;1H,(H,2,3). The van der Waals surface area contributed by atoms with Crippen molar-refractivity contribution in [2.45, 2.75) is 31.8 Å². The maximum atomic E-state index is 9.74. The van der Waals surface area contributed by atoms with Gasteiger partial charge in [-0.1, -0.05) is 61.9 Å². The van der Waals surface area contributed by atoms with Crippen LogP contribution in [0.4, 0.5) is 0 Å². The first-order valence-electron chi connectivity index (χ1n) is 7.51. The average Bonchev–Trinajstić information content (AvgIpc) is 2.61. The Morgan fingerprint density at radius 1 is 1.13 bits per heavy atom. The Hall–Kier alpha value is -2.80. The summed E-state index contributed by atoms with van der Waals surface area (Å²) in [5, 5.41) is 16.6. The summed E-state index contributed by atoms with van der Waals surface area (Å²) in [7, 11) is 0. The van der Waals surface area contributed by atoms with E-state index in [-0.39, 0.29) is 6.47 Å². The van der Waals surface area contributed by atoms with Crippen molar-refractivity contribution in [1.82, 2.24) is 0 Å². The van der Waals surface area contributed by atoms with Gasteiger partial charge in [0.1, 0.15) is 11.8 Å². The molecule has 0 aromatic heterocycles. The molecule has 0 bridgehead atoms. The maximum absolute atomic E-state index is 9.74. The number of carboxylic acid groups (broad SMARTS) is 1. The van der Waals surface area contributed by atoms with E-state index in [9.17, 15) is 5.26 Å². The molecule has 1 atom stereocenters. The van der Waals surface area contributed by atoms with Crippen LogP contribution in [-0.2, 0) is 10.4 Å². The zero-order valence-corrected chi connectivity index (χ0v) is 13.2. The lowest BCUT2D eigenvalue weighted by atomic mass is 9.89. The van der Waals surface area contributed by atoms with Crippen LogP contribution in [0.25, 0.3) is 0 Å². The highest BCUT2D eigenvalue weighted by Crippen LogP contribution is 2.32. The smallest absolute Gasteiger partial charge is 0.290 e. The third-order valence-electron chi connectivity index (χ3n) is 3.34. The molecule has 4 heteroatoms. The number of hydrogen-bond acceptors (Lipinski definition) is 3. The lowest BCUT2D eigenvalue weighted by Crippen LogP contribution is -2.31. The van der Waals surface area contributed by atoms with Gasteiger partial charge < -0.3 is 9.84 Å². The van der Waals surface area contributed by atoms with Crippen LogP contribution in [0.1, 0.15) is 31.7 Å². The molecule has 0 fully saturated rings. The highest BCUT2D eigenvalue weighted by molar-refractivity contribution is 5.33. The Morgan fingerprint density at radius 2 is 1.65 bits per heavy atom. The second-order valence-corrected chi connectivity index (χ2v) is 4.93. The minimum Gasteiger partial charge on any atom is -0.483 e. The molecule has 0 aliphatic heterocycles. The lowest BCUT2D eigenvalue weighted by molar-refractivity contribution is -0.122. The monoisotopic (exact) mass is 311 g/mol. The first-order chi connectivity index (χ1) is 11.2. The van der Waals surface area contributed by atoms with Gasteiger partial charge in [-0.2, -0.15) is 5.26 Å². The van der Waals surface area contributed by atoms with Crippen molar-refractivity contribution in [3.05, 3.63) is 66.2 Å². The van der Waals surface area contributed by atoms with Crippen molar-refractivity contribution >= 4 is 6.47 Å². The fourth-order valence-electron chi connectivity index (χ4n) is 2.22. The van der Waals surface area contributed by atoms with Crippen molar-refractivity contribution in [3.8, 4) is 11.8 Å². The van der Waals surface area contributed by atoms with Crippen LogP contribution in [0.2, 0.25) is 0 Å². The van der Waals surface area contributed by atoms with Gasteiger partial charge in [0.25, 0.3) is 6.47 Å². The lowest BCUT2D eigenvalue weighted by Gasteiger charge is -2.28. The third-order valence-corrected chi connectivity index (χ3v) is 3.34. The second kappa shape index (κ2) is 10.0. The quantitative estimate of drug-likeness (QED) is 0.804. The van der Waals surface area contributed by atoms with E-state index in [4.69, 9.17) is 14.6 Å². The summed E-state index contributed by atoms with van der Waals surface area (Å²) < 4.78 is 6.08. The molecule has 0 aliphatic rings. The van der Waals surface area contributed by atoms with Gasteiger partial charge in [-0.15, -0.1) is 0 Å². The number of carbonyl (C=O) groups is 1. The van der Waals surface area contributed by atoms with Crippen LogP contribution in [0.5, 0.6) is 5.75 Å². The summed E-state index contributed by atoms with van der Waals surface area (Å²) in [5.74, 6) is 0.731. The molecule has 4 nitrogen and oxygen atoms in total. The van der Waals surface area contributed by atoms with Gasteiger partial charge in [-0.3, -0.25) is 4.79 Å². The predicted octanol–water partition coefficient (Wildman–Crippen LogP) is 4.38. The number of nitrogens with zero attached hydrogens (tertiary/aromatic N) is 1. The van der Waals surface area contributed by atoms with Crippen LogP contribution in [-0.4, -0.2) is 11.6 Å². The van der Waals surface area contributed by atoms with Crippen LogP contribution >= 0.6 is 0 Å². The third kappa shape index (κ3) is 5.48. The van der Waals surface area contributed by atoms with E-state index in [0.29, 0.717) is 6.42 Å². The van der Waals surface area contributed by atoms with E-state index in [1.54, 1.807) is 0 Å². The molecule has 2 aromatic carbocycles. The van der Waals surface area contributed by atoms with Crippen LogP contribution in [0, 0.1) is 11.3 Å². The fraction of sp³-hybridized carbons (Fsp3) is 0.263. The van der Waals surface area contributed by atoms with Crippen molar-refractivity contribution in [1.29, 1.82) is 5.26 Å². The number of rotatable bonds is 6. The van der Waals surface area contributed by atoms with Crippen LogP contribution in [0.15, 0.2) is 60.7 Å². The molecule has 1 N–H and O–H groups in total. The summed E-state index contributed by atoms with van der Waals surface area (Å²) >= 11 is 0. The molecule has 120 valence electrons. The number of benzene rings is 2. The number of nitriles is 1. The maximum Gasteiger partial charge on any atom is 0.290 e. The average molecular weight is 311 g/mol. The van der Waals surface area contributed by atoms with Gasteiger partial charge in [0.05, 0.1) is 0 Å². The summed E-state index contributed by atoms with van der Waals surface area (Å²) in [5.41, 5.74) is 0.0123. The Balaban J connectivity index is 0.000000816. The summed E-state index contributed by atoms with van der Waals surface area (Å²) in [6, 6.07) is 21.7. The van der Waals surface area contributed by atoms with Crippen molar-refractivity contribution in [2.75, 3.05) is 0 Å². The van der Waals surface area contributed by atoms with E-state index in [1.165, 1.54) is 0 Å². The Bertz CT molecular complexity index is 608. The SMILES string of the molecule is CCCCC(C#N)(Oc1ccccc1)c1ccccc1.O=CO. The molecule has 0 saturated carbocycles. The highest BCUT2D eigenvalue weighted by Gasteiger charge is 2.34. The molecule has 0 heterocycles. The van der Waals surface area contributed by atoms with Gasteiger partial charge in [-0.25, -0.2) is 0 Å². The van der Waals surface area contributed by atoms with Gasteiger partial charge in [-0.05, 0) is 18.6 Å². The topological polar surface area (TPSA) is 70.3 Å². The molecule has 0 aliphatic carbocycles. The molecule has 1 unspecified atom stereocenters. The van der Waals surface area contributed by atoms with Crippen LogP contribution in [0.3, 0.4) is 0 Å². The Kier molecular flexibility index (Phi) is 7.95. The zero-order valence-electron chi connectivity index (χ0n) is 13.2. The minimum absolute atomic E-state index is 0.250. The van der Waals surface area contributed by atoms with E-state index >= 15 is 0 Å². The molecule has 2 rings (SSSR count). The minimum atomic E-state index is -0.904. The van der Waals surface area contributed by atoms with E-state index in [2.05, 4.69) is 13.0 Å². The second-order valence-electron chi connectivity index (χ2n) is 4.93. The Labute approximate surface area is 137 Å². The van der Waals surface area contributed by atoms with E-state index in [0.717, 1.165) is 24.2 Å². The van der Waals surface area contributed by atoms with Gasteiger partial charge >= 0.3 is 0 Å². The number of hydrogen-bond donors (Lipinski definition) is 1. The normalized spacial score (nSPS) is 12.0. The van der Waals surface area contributed by atoms with Crippen molar-refractivity contribution in [2.24, 2.45) is 0 Å². The molecule has 0 radical (unpaired) electrons. The van der Waals surface area contributed by atoms with E-state index in [1.807, 2.05) is 60.7 Å². The molecular weight excluding hydrogens is 290 g/mol. The molecule has 0 spiro atoms. The predicted molar refractivity (Wildman–Crippen MR) is 89.0 cm³/mol. The fourth-order valence-corrected chi connectivity index (χ4v) is 2.22. The summed E-state index contributed by atoms with van der Waals surface area (Å²) in [4.78, 5) is 8.36. The van der Waals surface area contributed by atoms with Crippen LogP contribution < -0.4 is 4.74 Å². The highest BCUT2D eigenvalue weighted by atomic mass is 16.5. The summed E-state index contributed by atoms with van der Waals surface area (Å²) in [6.45, 7) is 1.87. The molecular formula is C19H21NO3. The molecule has 2 aromatic rings. The zero-order chi connectivity index (χ0) is 17.0. The van der Waals surface area contributed by atoms with Gasteiger partial charge in [0.15, 0.2) is 0 Å². The van der Waals surface area contributed by atoms with E-state index < -0.39 is 5.60 Å². The molecule has 0 amide bonds. The number of para-hydroxylation sites is 1. The molecule has 23 heavy (non-hydrogen) atoms. The number of unbranched alkanes of at least 4 members (excludes halogenated alkanes) is 1. The summed E-state index contributed by atoms with van der Waals surface area (Å²) in [6.07, 6.45) is 2.68. The number of ether oxygens (including phenoxy) is 1. The first-order valence-corrected chi connectivity index (χ1v) is 7.51. The first kappa shape index (κ1) is 18.2.